The molecule has 4 saturated carbocycles. The van der Waals surface area contributed by atoms with E-state index in [1.54, 1.807) is 0 Å². The lowest BCUT2D eigenvalue weighted by molar-refractivity contribution is -0.125. The smallest absolute Gasteiger partial charge is 0.220 e. The van der Waals surface area contributed by atoms with Gasteiger partial charge in [-0.3, -0.25) is 4.79 Å². The van der Waals surface area contributed by atoms with Crippen molar-refractivity contribution in [3.63, 3.8) is 0 Å². The Labute approximate surface area is 134 Å². The lowest BCUT2D eigenvalue weighted by Crippen LogP contribution is -2.55. The first kappa shape index (κ1) is 15.6. The molecule has 1 saturated heterocycles. The molecule has 4 aliphatic carbocycles. The van der Waals surface area contributed by atoms with E-state index < -0.39 is 0 Å². The van der Waals surface area contributed by atoms with E-state index in [1.807, 2.05) is 0 Å². The molecule has 1 amide bonds. The van der Waals surface area contributed by atoms with Gasteiger partial charge in [-0.2, -0.15) is 0 Å². The molecule has 1 unspecified atom stereocenters. The van der Waals surface area contributed by atoms with Gasteiger partial charge in [-0.25, -0.2) is 0 Å². The molecule has 1 atom stereocenters. The Morgan fingerprint density at radius 2 is 1.71 bits per heavy atom. The first-order chi connectivity index (χ1) is 9.78. The van der Waals surface area contributed by atoms with Gasteiger partial charge in [0.25, 0.3) is 0 Å². The van der Waals surface area contributed by atoms with Gasteiger partial charge in [-0.15, -0.1) is 12.4 Å². The highest BCUT2D eigenvalue weighted by molar-refractivity contribution is 5.85. The third-order valence-corrected chi connectivity index (χ3v) is 6.50. The lowest BCUT2D eigenvalue weighted by Gasteiger charge is -2.54. The van der Waals surface area contributed by atoms with Crippen LogP contribution in [-0.2, 0) is 4.79 Å². The van der Waals surface area contributed by atoms with Crippen molar-refractivity contribution in [3.8, 4) is 0 Å². The van der Waals surface area contributed by atoms with E-state index in [0.717, 1.165) is 55.5 Å². The van der Waals surface area contributed by atoms with Gasteiger partial charge in [0, 0.05) is 12.5 Å². The van der Waals surface area contributed by atoms with Crippen LogP contribution in [0.3, 0.4) is 0 Å². The quantitative estimate of drug-likeness (QED) is 0.838. The van der Waals surface area contributed by atoms with E-state index in [9.17, 15) is 4.79 Å². The summed E-state index contributed by atoms with van der Waals surface area (Å²) >= 11 is 0. The highest BCUT2D eigenvalue weighted by Gasteiger charge is 2.48. The van der Waals surface area contributed by atoms with Crippen molar-refractivity contribution < 1.29 is 4.79 Å². The Balaban J connectivity index is 0.00000132. The zero-order valence-corrected chi connectivity index (χ0v) is 13.7. The Bertz CT molecular complexity index is 353. The zero-order valence-electron chi connectivity index (χ0n) is 12.9. The molecule has 120 valence electrons. The molecule has 5 fully saturated rings. The Hall–Kier alpha value is -0.280. The predicted molar refractivity (Wildman–Crippen MR) is 86.4 cm³/mol. The standard InChI is InChI=1S/C17H28N2O.ClH/c20-16(2-1-11-3-4-18-10-11)19-17-14-6-12-5-13(8-14)9-15(17)7-12;/h11-15,17-18H,1-10H2,(H,19,20);1H. The summed E-state index contributed by atoms with van der Waals surface area (Å²) in [6, 6.07) is 0.525. The van der Waals surface area contributed by atoms with Gasteiger partial charge >= 0.3 is 0 Å². The summed E-state index contributed by atoms with van der Waals surface area (Å²) < 4.78 is 0. The second-order valence-electron chi connectivity index (χ2n) is 7.92. The maximum atomic E-state index is 12.3. The zero-order chi connectivity index (χ0) is 13.5. The summed E-state index contributed by atoms with van der Waals surface area (Å²) in [6.07, 6.45) is 10.1. The third kappa shape index (κ3) is 3.24. The SMILES string of the molecule is Cl.O=C(CCC1CCNC1)NC1C2CC3CC(C2)CC1C3. The van der Waals surface area contributed by atoms with Crippen LogP contribution in [0, 0.1) is 29.6 Å². The molecule has 4 heteroatoms. The molecule has 1 heterocycles. The van der Waals surface area contributed by atoms with Crippen molar-refractivity contribution in [1.29, 1.82) is 0 Å². The molecule has 5 rings (SSSR count). The van der Waals surface area contributed by atoms with E-state index in [-0.39, 0.29) is 12.4 Å². The number of hydrogen-bond donors (Lipinski definition) is 2. The Morgan fingerprint density at radius 3 is 2.29 bits per heavy atom. The molecular weight excluding hydrogens is 284 g/mol. The number of carbonyl (C=O) groups is 1. The minimum absolute atomic E-state index is 0. The Kier molecular flexibility index (Phi) is 4.80. The molecule has 0 aromatic rings. The second kappa shape index (κ2) is 6.45. The van der Waals surface area contributed by atoms with Crippen LogP contribution >= 0.6 is 12.4 Å². The minimum atomic E-state index is 0. The fourth-order valence-electron chi connectivity index (χ4n) is 5.71. The summed E-state index contributed by atoms with van der Waals surface area (Å²) in [5.41, 5.74) is 0. The summed E-state index contributed by atoms with van der Waals surface area (Å²) in [4.78, 5) is 12.3. The number of carbonyl (C=O) groups excluding carboxylic acids is 1. The number of hydrogen-bond acceptors (Lipinski definition) is 2. The van der Waals surface area contributed by atoms with Crippen molar-refractivity contribution in [2.45, 2.75) is 57.4 Å². The van der Waals surface area contributed by atoms with Gasteiger partial charge < -0.3 is 10.6 Å². The summed E-state index contributed by atoms with van der Waals surface area (Å²) in [7, 11) is 0. The highest BCUT2D eigenvalue weighted by atomic mass is 35.5. The highest BCUT2D eigenvalue weighted by Crippen LogP contribution is 2.53. The number of amides is 1. The van der Waals surface area contributed by atoms with Crippen LogP contribution in [0.1, 0.15) is 51.4 Å². The molecule has 0 spiro atoms. The van der Waals surface area contributed by atoms with Crippen molar-refractivity contribution in [2.75, 3.05) is 13.1 Å². The van der Waals surface area contributed by atoms with Gasteiger partial charge in [0.1, 0.15) is 0 Å². The van der Waals surface area contributed by atoms with Crippen LogP contribution in [0.25, 0.3) is 0 Å². The molecule has 5 aliphatic rings. The van der Waals surface area contributed by atoms with Crippen LogP contribution in [0.5, 0.6) is 0 Å². The fourth-order valence-corrected chi connectivity index (χ4v) is 5.71. The molecule has 0 aromatic heterocycles. The first-order valence-corrected chi connectivity index (χ1v) is 8.78. The first-order valence-electron chi connectivity index (χ1n) is 8.78. The monoisotopic (exact) mass is 312 g/mol. The van der Waals surface area contributed by atoms with E-state index in [1.165, 1.54) is 38.5 Å². The van der Waals surface area contributed by atoms with E-state index in [2.05, 4.69) is 10.6 Å². The largest absolute Gasteiger partial charge is 0.353 e. The van der Waals surface area contributed by atoms with Gasteiger partial charge in [0.05, 0.1) is 0 Å². The summed E-state index contributed by atoms with van der Waals surface area (Å²) in [5, 5.41) is 6.81. The van der Waals surface area contributed by atoms with E-state index >= 15 is 0 Å². The molecule has 3 nitrogen and oxygen atoms in total. The van der Waals surface area contributed by atoms with Gasteiger partial charge in [-0.1, -0.05) is 0 Å². The van der Waals surface area contributed by atoms with Crippen molar-refractivity contribution >= 4 is 18.3 Å². The van der Waals surface area contributed by atoms with E-state index in [0.29, 0.717) is 11.9 Å². The molecule has 21 heavy (non-hydrogen) atoms. The maximum absolute atomic E-state index is 12.3. The Morgan fingerprint density at radius 1 is 1.05 bits per heavy atom. The average molecular weight is 313 g/mol. The molecule has 1 aliphatic heterocycles. The molecule has 0 radical (unpaired) electrons. The molecule has 2 N–H and O–H groups in total. The third-order valence-electron chi connectivity index (χ3n) is 6.50. The van der Waals surface area contributed by atoms with Crippen LogP contribution in [0.15, 0.2) is 0 Å². The number of nitrogens with one attached hydrogen (secondary N) is 2. The van der Waals surface area contributed by atoms with Crippen molar-refractivity contribution in [1.82, 2.24) is 10.6 Å². The van der Waals surface area contributed by atoms with Crippen LogP contribution < -0.4 is 10.6 Å². The number of halogens is 1. The normalized spacial score (nSPS) is 43.6. The van der Waals surface area contributed by atoms with Crippen molar-refractivity contribution in [3.05, 3.63) is 0 Å². The predicted octanol–water partition coefficient (Wildman–Crippen LogP) is 2.74. The number of rotatable bonds is 4. The molecular formula is C17H29ClN2O. The average Bonchev–Trinajstić information content (AvgIpc) is 2.93. The van der Waals surface area contributed by atoms with Gasteiger partial charge in [-0.05, 0) is 87.6 Å². The summed E-state index contributed by atoms with van der Waals surface area (Å²) in [5.74, 6) is 4.67. The van der Waals surface area contributed by atoms with Crippen molar-refractivity contribution in [2.24, 2.45) is 29.6 Å². The fraction of sp³-hybridized carbons (Fsp3) is 0.941. The molecule has 4 bridgehead atoms. The van der Waals surface area contributed by atoms with Crippen LogP contribution in [0.4, 0.5) is 0 Å². The molecule has 0 aromatic carbocycles. The summed E-state index contributed by atoms with van der Waals surface area (Å²) in [6.45, 7) is 2.26. The topological polar surface area (TPSA) is 41.1 Å². The maximum Gasteiger partial charge on any atom is 0.220 e. The van der Waals surface area contributed by atoms with E-state index in [4.69, 9.17) is 0 Å². The second-order valence-corrected chi connectivity index (χ2v) is 7.92. The lowest BCUT2D eigenvalue weighted by atomic mass is 9.54. The van der Waals surface area contributed by atoms with Gasteiger partial charge in [0.2, 0.25) is 5.91 Å². The van der Waals surface area contributed by atoms with Crippen LogP contribution in [0.2, 0.25) is 0 Å². The van der Waals surface area contributed by atoms with Gasteiger partial charge in [0.15, 0.2) is 0 Å². The minimum Gasteiger partial charge on any atom is -0.353 e. The van der Waals surface area contributed by atoms with Crippen LogP contribution in [-0.4, -0.2) is 25.0 Å².